The number of hydrogen-bond acceptors (Lipinski definition) is 12. The van der Waals surface area contributed by atoms with Crippen molar-refractivity contribution in [3.63, 3.8) is 0 Å². The third kappa shape index (κ3) is 3.97. The SMILES string of the molecule is CC1(C)CC(N2C(O)n3c(=O)n4c5c3n(c(=O)n5C(O)N(C3CC(C)(C)NC(C)(C)C3)C4(O)O)C2(O)O)CC(C)(C)N1. The van der Waals surface area contributed by atoms with Gasteiger partial charge in [-0.25, -0.2) is 27.9 Å². The van der Waals surface area contributed by atoms with E-state index in [2.05, 4.69) is 10.6 Å². The lowest BCUT2D eigenvalue weighted by Crippen LogP contribution is -2.71. The van der Waals surface area contributed by atoms with E-state index in [1.54, 1.807) is 0 Å². The Morgan fingerprint density at radius 2 is 0.833 bits per heavy atom. The van der Waals surface area contributed by atoms with Crippen LogP contribution in [-0.4, -0.2) is 92.9 Å². The summed E-state index contributed by atoms with van der Waals surface area (Å²) >= 11 is 0. The van der Waals surface area contributed by atoms with Gasteiger partial charge in [0.2, 0.25) is 12.7 Å². The Labute approximate surface area is 242 Å². The predicted octanol–water partition coefficient (Wildman–Crippen LogP) is -1.98. The second-order valence-corrected chi connectivity index (χ2v) is 15.2. The third-order valence-corrected chi connectivity index (χ3v) is 9.25. The fraction of sp³-hybridized carbons (Fsp3) is 0.846. The lowest BCUT2D eigenvalue weighted by molar-refractivity contribution is -0.395. The molecule has 4 aliphatic rings. The molecule has 2 unspecified atom stereocenters. The minimum atomic E-state index is -3.14. The topological polar surface area (TPSA) is 206 Å². The zero-order valence-electron chi connectivity index (χ0n) is 25.3. The molecule has 0 spiro atoms. The molecule has 2 atom stereocenters. The van der Waals surface area contributed by atoms with E-state index < -0.39 is 81.7 Å². The summed E-state index contributed by atoms with van der Waals surface area (Å²) in [5.41, 5.74) is -5.24. The molecular weight excluding hydrogens is 552 g/mol. The molecule has 16 heteroatoms. The molecule has 0 radical (unpaired) electrons. The molecule has 4 aliphatic heterocycles. The first kappa shape index (κ1) is 29.9. The summed E-state index contributed by atoms with van der Waals surface area (Å²) in [6.45, 7) is 15.3. The van der Waals surface area contributed by atoms with Gasteiger partial charge in [0, 0.05) is 34.2 Å². The van der Waals surface area contributed by atoms with Crippen LogP contribution in [0.3, 0.4) is 0 Å². The monoisotopic (exact) mass is 596 g/mol. The van der Waals surface area contributed by atoms with Gasteiger partial charge >= 0.3 is 23.4 Å². The summed E-state index contributed by atoms with van der Waals surface area (Å²) in [7, 11) is 0. The Hall–Kier alpha value is -2.12. The highest BCUT2D eigenvalue weighted by molar-refractivity contribution is 5.71. The summed E-state index contributed by atoms with van der Waals surface area (Å²) in [5.74, 6) is 0. The molecule has 2 saturated heterocycles. The number of nitrogens with zero attached hydrogens (tertiary/aromatic N) is 6. The number of imidazole rings is 2. The van der Waals surface area contributed by atoms with Gasteiger partial charge in [-0.15, -0.1) is 0 Å². The third-order valence-electron chi connectivity index (χ3n) is 9.25. The Bertz CT molecular complexity index is 1430. The highest BCUT2D eigenvalue weighted by Gasteiger charge is 2.60. The van der Waals surface area contributed by atoms with Gasteiger partial charge in [0.05, 0.1) is 0 Å². The first-order valence-electron chi connectivity index (χ1n) is 14.3. The average molecular weight is 597 g/mol. The van der Waals surface area contributed by atoms with Gasteiger partial charge in [0.25, 0.3) is 0 Å². The van der Waals surface area contributed by atoms with Gasteiger partial charge in [0.1, 0.15) is 0 Å². The van der Waals surface area contributed by atoms with E-state index in [0.717, 1.165) is 18.9 Å². The highest BCUT2D eigenvalue weighted by atomic mass is 16.6. The van der Waals surface area contributed by atoms with E-state index in [9.17, 15) is 40.2 Å². The minimum Gasteiger partial charge on any atom is -0.360 e. The molecular formula is C26H44N8O8. The molecule has 236 valence electrons. The first-order valence-corrected chi connectivity index (χ1v) is 14.3. The Balaban J connectivity index is 1.56. The Morgan fingerprint density at radius 3 is 1.10 bits per heavy atom. The molecule has 2 aromatic rings. The Kier molecular flexibility index (Phi) is 5.93. The molecule has 16 nitrogen and oxygen atoms in total. The zero-order chi connectivity index (χ0) is 31.3. The fourth-order valence-corrected chi connectivity index (χ4v) is 8.75. The van der Waals surface area contributed by atoms with Crippen molar-refractivity contribution in [2.45, 2.75) is 140 Å². The molecule has 0 bridgehead atoms. The van der Waals surface area contributed by atoms with Crippen molar-refractivity contribution in [3.8, 4) is 0 Å². The quantitative estimate of drug-likeness (QED) is 0.178. The molecule has 42 heavy (non-hydrogen) atoms. The molecule has 2 aromatic heterocycles. The molecule has 6 rings (SSSR count). The van der Waals surface area contributed by atoms with Crippen molar-refractivity contribution in [2.24, 2.45) is 0 Å². The van der Waals surface area contributed by atoms with Crippen LogP contribution in [0.2, 0.25) is 0 Å². The van der Waals surface area contributed by atoms with E-state index in [-0.39, 0.29) is 0 Å². The summed E-state index contributed by atoms with van der Waals surface area (Å²) in [5, 5.41) is 76.7. The van der Waals surface area contributed by atoms with Crippen LogP contribution in [0.5, 0.6) is 0 Å². The van der Waals surface area contributed by atoms with Crippen molar-refractivity contribution < 1.29 is 30.6 Å². The van der Waals surface area contributed by atoms with Crippen LogP contribution in [-0.2, 0) is 12.1 Å². The van der Waals surface area contributed by atoms with Crippen molar-refractivity contribution in [2.75, 3.05) is 0 Å². The zero-order valence-corrected chi connectivity index (χ0v) is 25.3. The highest BCUT2D eigenvalue weighted by Crippen LogP contribution is 2.45. The van der Waals surface area contributed by atoms with E-state index in [0.29, 0.717) is 34.8 Å². The number of nitrogens with one attached hydrogen (secondary N) is 2. The molecule has 0 aromatic carbocycles. The van der Waals surface area contributed by atoms with E-state index >= 15 is 0 Å². The lowest BCUT2D eigenvalue weighted by atomic mass is 9.79. The molecule has 0 saturated carbocycles. The van der Waals surface area contributed by atoms with Crippen LogP contribution in [0.25, 0.3) is 11.3 Å². The van der Waals surface area contributed by atoms with Crippen LogP contribution < -0.4 is 22.0 Å². The molecule has 6 heterocycles. The van der Waals surface area contributed by atoms with Crippen LogP contribution in [0.1, 0.15) is 93.8 Å². The minimum absolute atomic E-state index is 0.307. The van der Waals surface area contributed by atoms with Crippen molar-refractivity contribution in [3.05, 3.63) is 21.0 Å². The molecule has 8 N–H and O–H groups in total. The predicted molar refractivity (Wildman–Crippen MR) is 148 cm³/mol. The van der Waals surface area contributed by atoms with Crippen LogP contribution in [0, 0.1) is 0 Å². The number of rotatable bonds is 2. The fourth-order valence-electron chi connectivity index (χ4n) is 8.75. The van der Waals surface area contributed by atoms with Crippen molar-refractivity contribution in [1.29, 1.82) is 0 Å². The van der Waals surface area contributed by atoms with Gasteiger partial charge in [-0.2, -0.15) is 9.80 Å². The number of piperidine rings is 2. The second kappa shape index (κ2) is 8.32. The summed E-state index contributed by atoms with van der Waals surface area (Å²) in [6.07, 6.45) is -2.78. The van der Waals surface area contributed by atoms with E-state index in [1.807, 2.05) is 55.4 Å². The second-order valence-electron chi connectivity index (χ2n) is 15.2. The average Bonchev–Trinajstić information content (AvgIpc) is 3.17. The number of aliphatic hydroxyl groups is 6. The normalized spacial score (nSPS) is 32.0. The lowest BCUT2D eigenvalue weighted by Gasteiger charge is -2.53. The van der Waals surface area contributed by atoms with Gasteiger partial charge in [-0.05, 0) is 81.1 Å². The van der Waals surface area contributed by atoms with Crippen LogP contribution in [0.15, 0.2) is 9.59 Å². The van der Waals surface area contributed by atoms with E-state index in [4.69, 9.17) is 0 Å². The van der Waals surface area contributed by atoms with Crippen LogP contribution in [0.4, 0.5) is 0 Å². The number of hydrogen-bond donors (Lipinski definition) is 8. The Morgan fingerprint density at radius 1 is 0.571 bits per heavy atom. The van der Waals surface area contributed by atoms with Gasteiger partial charge in [0.15, 0.2) is 11.3 Å². The van der Waals surface area contributed by atoms with Gasteiger partial charge < -0.3 is 41.3 Å². The smallest absolute Gasteiger partial charge is 0.340 e. The maximum atomic E-state index is 14.0. The van der Waals surface area contributed by atoms with Crippen molar-refractivity contribution in [1.82, 2.24) is 38.7 Å². The standard InChI is InChI=1S/C26H44N8O8/c1-21(2)9-13(10-22(3,4)27-21)31-17(35)29-15-16-30(20(38)33(15)25(31,39)40)18(36)32(26(41,42)34(16)19(29)37)14-11-23(5,6)28-24(7,8)12-14/h13-14,17-18,27-28,35-36,39-42H,9-12H2,1-8H3. The summed E-state index contributed by atoms with van der Waals surface area (Å²) in [6, 6.07) is -7.78. The molecule has 0 aliphatic carbocycles. The van der Waals surface area contributed by atoms with Crippen LogP contribution >= 0.6 is 0 Å². The van der Waals surface area contributed by atoms with Gasteiger partial charge in [-0.1, -0.05) is 0 Å². The maximum absolute atomic E-state index is 14.0. The maximum Gasteiger partial charge on any atom is 0.340 e. The van der Waals surface area contributed by atoms with Gasteiger partial charge in [-0.3, -0.25) is 0 Å². The molecule has 2 fully saturated rings. The number of aliphatic hydroxyl groups excluding tert-OH is 2. The summed E-state index contributed by atoms with van der Waals surface area (Å²) in [4.78, 5) is 29.8. The molecule has 0 amide bonds. The van der Waals surface area contributed by atoms with Crippen molar-refractivity contribution >= 4 is 11.3 Å². The first-order chi connectivity index (χ1) is 18.9. The number of aromatic nitrogens is 4. The van der Waals surface area contributed by atoms with E-state index in [1.165, 1.54) is 0 Å². The summed E-state index contributed by atoms with van der Waals surface area (Å²) < 4.78 is 2.48. The largest absolute Gasteiger partial charge is 0.360 e.